The van der Waals surface area contributed by atoms with Crippen molar-refractivity contribution in [2.75, 3.05) is 0 Å². The van der Waals surface area contributed by atoms with Crippen LogP contribution in [0, 0.1) is 0 Å². The van der Waals surface area contributed by atoms with Gasteiger partial charge in [-0.1, -0.05) is 31.2 Å². The highest BCUT2D eigenvalue weighted by Gasteiger charge is 2.26. The minimum absolute atomic E-state index is 0.0546. The van der Waals surface area contributed by atoms with Crippen LogP contribution in [0.25, 0.3) is 0 Å². The first-order chi connectivity index (χ1) is 8.22. The third kappa shape index (κ3) is 2.67. The maximum Gasteiger partial charge on any atom is 0.332 e. The Morgan fingerprint density at radius 2 is 2.29 bits per heavy atom. The standard InChI is InChI=1S/C14H18O3/c1-2-12(14(15)16)17-13-9-5-7-10-6-3-4-8-11(10)13/h3-4,6,8,12-13H,2,5,7,9H2,1H3,(H,15,16). The summed E-state index contributed by atoms with van der Waals surface area (Å²) in [5, 5.41) is 9.03. The molecular formula is C14H18O3. The number of carboxylic acids is 1. The van der Waals surface area contributed by atoms with E-state index >= 15 is 0 Å². The van der Waals surface area contributed by atoms with E-state index in [1.807, 2.05) is 25.1 Å². The van der Waals surface area contributed by atoms with Crippen LogP contribution in [0.1, 0.15) is 43.4 Å². The number of carboxylic acid groups (broad SMARTS) is 1. The Hall–Kier alpha value is -1.35. The van der Waals surface area contributed by atoms with Crippen molar-refractivity contribution in [3.05, 3.63) is 35.4 Å². The first-order valence-electron chi connectivity index (χ1n) is 6.18. The molecule has 1 aromatic carbocycles. The molecule has 2 atom stereocenters. The van der Waals surface area contributed by atoms with Crippen molar-refractivity contribution < 1.29 is 14.6 Å². The minimum atomic E-state index is -0.865. The van der Waals surface area contributed by atoms with E-state index in [1.54, 1.807) is 0 Å². The van der Waals surface area contributed by atoms with Gasteiger partial charge in [-0.15, -0.1) is 0 Å². The normalized spacial score (nSPS) is 20.6. The van der Waals surface area contributed by atoms with Gasteiger partial charge in [-0.2, -0.15) is 0 Å². The SMILES string of the molecule is CCC(OC1CCCc2ccccc21)C(=O)O. The molecule has 0 radical (unpaired) electrons. The van der Waals surface area contributed by atoms with E-state index < -0.39 is 12.1 Å². The number of rotatable bonds is 4. The summed E-state index contributed by atoms with van der Waals surface area (Å²) in [5.41, 5.74) is 2.46. The molecule has 2 unspecified atom stereocenters. The van der Waals surface area contributed by atoms with Gasteiger partial charge < -0.3 is 9.84 Å². The van der Waals surface area contributed by atoms with Crippen molar-refractivity contribution in [1.82, 2.24) is 0 Å². The van der Waals surface area contributed by atoms with E-state index in [-0.39, 0.29) is 6.10 Å². The minimum Gasteiger partial charge on any atom is -0.479 e. The molecule has 0 aliphatic heterocycles. The predicted molar refractivity (Wildman–Crippen MR) is 64.9 cm³/mol. The Morgan fingerprint density at radius 1 is 1.53 bits per heavy atom. The fourth-order valence-electron chi connectivity index (χ4n) is 2.38. The molecule has 17 heavy (non-hydrogen) atoms. The molecule has 3 heteroatoms. The van der Waals surface area contributed by atoms with Crippen molar-refractivity contribution in [1.29, 1.82) is 0 Å². The Bertz CT molecular complexity index is 400. The molecule has 1 aliphatic rings. The summed E-state index contributed by atoms with van der Waals surface area (Å²) < 4.78 is 5.73. The molecule has 0 saturated heterocycles. The number of ether oxygens (including phenoxy) is 1. The van der Waals surface area contributed by atoms with E-state index in [0.29, 0.717) is 6.42 Å². The van der Waals surface area contributed by atoms with Gasteiger partial charge in [-0.25, -0.2) is 4.79 Å². The van der Waals surface area contributed by atoms with Gasteiger partial charge in [0.2, 0.25) is 0 Å². The molecule has 1 aromatic rings. The Kier molecular flexibility index (Phi) is 3.79. The molecule has 1 aliphatic carbocycles. The Morgan fingerprint density at radius 3 is 3.00 bits per heavy atom. The zero-order valence-corrected chi connectivity index (χ0v) is 10.1. The summed E-state index contributed by atoms with van der Waals surface area (Å²) in [6.07, 6.45) is 2.82. The number of carbonyl (C=O) groups is 1. The molecule has 0 heterocycles. The monoisotopic (exact) mass is 234 g/mol. The van der Waals surface area contributed by atoms with Crippen LogP contribution in [0.5, 0.6) is 0 Å². The molecular weight excluding hydrogens is 216 g/mol. The topological polar surface area (TPSA) is 46.5 Å². The summed E-state index contributed by atoms with van der Waals surface area (Å²) in [6, 6.07) is 8.16. The second-order valence-corrected chi connectivity index (χ2v) is 4.45. The van der Waals surface area contributed by atoms with E-state index in [0.717, 1.165) is 19.3 Å². The molecule has 92 valence electrons. The highest BCUT2D eigenvalue weighted by molar-refractivity contribution is 5.72. The number of hydrogen-bond acceptors (Lipinski definition) is 2. The van der Waals surface area contributed by atoms with Gasteiger partial charge in [0.15, 0.2) is 6.10 Å². The molecule has 2 rings (SSSR count). The fourth-order valence-corrected chi connectivity index (χ4v) is 2.38. The van der Waals surface area contributed by atoms with Crippen LogP contribution in [0.4, 0.5) is 0 Å². The largest absolute Gasteiger partial charge is 0.479 e. The molecule has 0 aromatic heterocycles. The number of fused-ring (bicyclic) bond motifs is 1. The summed E-state index contributed by atoms with van der Waals surface area (Å²) in [6.45, 7) is 1.84. The summed E-state index contributed by atoms with van der Waals surface area (Å²) >= 11 is 0. The summed E-state index contributed by atoms with van der Waals surface area (Å²) in [5.74, 6) is -0.865. The first-order valence-corrected chi connectivity index (χ1v) is 6.18. The van der Waals surface area contributed by atoms with Crippen LogP contribution >= 0.6 is 0 Å². The van der Waals surface area contributed by atoms with Crippen LogP contribution in [0.3, 0.4) is 0 Å². The summed E-state index contributed by atoms with van der Waals surface area (Å²) in [7, 11) is 0. The molecule has 0 bridgehead atoms. The van der Waals surface area contributed by atoms with Crippen LogP contribution in [0.15, 0.2) is 24.3 Å². The van der Waals surface area contributed by atoms with Crippen molar-refractivity contribution in [2.24, 2.45) is 0 Å². The average Bonchev–Trinajstić information content (AvgIpc) is 2.35. The number of aliphatic carboxylic acids is 1. The van der Waals surface area contributed by atoms with E-state index in [2.05, 4.69) is 6.07 Å². The molecule has 3 nitrogen and oxygen atoms in total. The van der Waals surface area contributed by atoms with E-state index in [1.165, 1.54) is 11.1 Å². The first kappa shape index (κ1) is 12.1. The van der Waals surface area contributed by atoms with E-state index in [9.17, 15) is 4.79 Å². The predicted octanol–water partition coefficient (Wildman–Crippen LogP) is 2.94. The highest BCUT2D eigenvalue weighted by atomic mass is 16.5. The molecule has 1 N–H and O–H groups in total. The van der Waals surface area contributed by atoms with Gasteiger partial charge in [0.25, 0.3) is 0 Å². The third-order valence-corrected chi connectivity index (χ3v) is 3.29. The zero-order chi connectivity index (χ0) is 12.3. The van der Waals surface area contributed by atoms with Gasteiger partial charge in [-0.3, -0.25) is 0 Å². The summed E-state index contributed by atoms with van der Waals surface area (Å²) in [4.78, 5) is 11.0. The Labute approximate surface area is 101 Å². The maximum absolute atomic E-state index is 11.0. The van der Waals surface area contributed by atoms with Gasteiger partial charge in [0.05, 0.1) is 6.10 Å². The van der Waals surface area contributed by atoms with Crippen molar-refractivity contribution in [3.8, 4) is 0 Å². The lowest BCUT2D eigenvalue weighted by Gasteiger charge is -2.27. The number of aryl methyl sites for hydroxylation is 1. The van der Waals surface area contributed by atoms with Crippen LogP contribution in [0.2, 0.25) is 0 Å². The van der Waals surface area contributed by atoms with E-state index in [4.69, 9.17) is 9.84 Å². The fraction of sp³-hybridized carbons (Fsp3) is 0.500. The lowest BCUT2D eigenvalue weighted by Crippen LogP contribution is -2.26. The lowest BCUT2D eigenvalue weighted by atomic mass is 9.89. The van der Waals surface area contributed by atoms with Gasteiger partial charge >= 0.3 is 5.97 Å². The highest BCUT2D eigenvalue weighted by Crippen LogP contribution is 2.33. The smallest absolute Gasteiger partial charge is 0.332 e. The van der Waals surface area contributed by atoms with Crippen molar-refractivity contribution >= 4 is 5.97 Å². The maximum atomic E-state index is 11.0. The van der Waals surface area contributed by atoms with Crippen LogP contribution < -0.4 is 0 Å². The quantitative estimate of drug-likeness (QED) is 0.871. The average molecular weight is 234 g/mol. The molecule has 0 fully saturated rings. The third-order valence-electron chi connectivity index (χ3n) is 3.29. The molecule has 0 spiro atoms. The van der Waals surface area contributed by atoms with Crippen LogP contribution in [-0.4, -0.2) is 17.2 Å². The second-order valence-electron chi connectivity index (χ2n) is 4.45. The number of hydrogen-bond donors (Lipinski definition) is 1. The zero-order valence-electron chi connectivity index (χ0n) is 10.1. The Balaban J connectivity index is 2.15. The molecule has 0 amide bonds. The lowest BCUT2D eigenvalue weighted by molar-refractivity contribution is -0.155. The molecule has 0 saturated carbocycles. The van der Waals surface area contributed by atoms with Crippen molar-refractivity contribution in [3.63, 3.8) is 0 Å². The van der Waals surface area contributed by atoms with Gasteiger partial charge in [0, 0.05) is 0 Å². The van der Waals surface area contributed by atoms with Crippen molar-refractivity contribution in [2.45, 2.75) is 44.8 Å². The van der Waals surface area contributed by atoms with Crippen LogP contribution in [-0.2, 0) is 16.0 Å². The van der Waals surface area contributed by atoms with Gasteiger partial charge in [0.1, 0.15) is 0 Å². The van der Waals surface area contributed by atoms with Gasteiger partial charge in [-0.05, 0) is 36.8 Å². The number of benzene rings is 1. The second kappa shape index (κ2) is 5.32.